The van der Waals surface area contributed by atoms with Gasteiger partial charge in [0.25, 0.3) is 0 Å². The second-order valence-corrected chi connectivity index (χ2v) is 7.79. The summed E-state index contributed by atoms with van der Waals surface area (Å²) in [4.78, 5) is 0.232. The molecule has 0 aliphatic carbocycles. The zero-order chi connectivity index (χ0) is 15.3. The monoisotopic (exact) mass is 319 g/mol. The molecule has 1 rings (SSSR count). The number of aliphatic hydroxyl groups excluding tert-OH is 1. The summed E-state index contributed by atoms with van der Waals surface area (Å²) >= 11 is 6.07. The summed E-state index contributed by atoms with van der Waals surface area (Å²) in [6, 6.07) is 4.83. The Kier molecular flexibility index (Phi) is 6.45. The third-order valence-electron chi connectivity index (χ3n) is 2.90. The lowest BCUT2D eigenvalue weighted by Gasteiger charge is -2.15. The van der Waals surface area contributed by atoms with Gasteiger partial charge in [0.15, 0.2) is 9.84 Å². The molecule has 0 heterocycles. The molecule has 0 amide bonds. The number of rotatable bonds is 7. The van der Waals surface area contributed by atoms with Crippen molar-refractivity contribution in [3.8, 4) is 0 Å². The molecule has 0 saturated carbocycles. The molecule has 0 bridgehead atoms. The van der Waals surface area contributed by atoms with E-state index in [4.69, 9.17) is 11.6 Å². The van der Waals surface area contributed by atoms with Crippen LogP contribution in [0.25, 0.3) is 0 Å². The molecular formula is C14H22ClNO3S. The van der Waals surface area contributed by atoms with E-state index in [2.05, 4.69) is 5.32 Å². The second kappa shape index (κ2) is 7.41. The first-order valence-electron chi connectivity index (χ1n) is 6.58. The van der Waals surface area contributed by atoms with E-state index in [-0.39, 0.29) is 4.90 Å². The topological polar surface area (TPSA) is 66.4 Å². The highest BCUT2D eigenvalue weighted by Gasteiger charge is 2.16. The number of hydrogen-bond donors (Lipinski definition) is 2. The maximum atomic E-state index is 11.7. The van der Waals surface area contributed by atoms with Gasteiger partial charge in [-0.3, -0.25) is 0 Å². The van der Waals surface area contributed by atoms with E-state index in [1.807, 2.05) is 13.8 Å². The van der Waals surface area contributed by atoms with Crippen molar-refractivity contribution in [1.82, 2.24) is 5.32 Å². The van der Waals surface area contributed by atoms with Crippen LogP contribution in [0.2, 0.25) is 5.02 Å². The summed E-state index contributed by atoms with van der Waals surface area (Å²) in [6.07, 6.45) is 1.42. The van der Waals surface area contributed by atoms with Crippen molar-refractivity contribution < 1.29 is 13.5 Å². The molecule has 20 heavy (non-hydrogen) atoms. The van der Waals surface area contributed by atoms with E-state index in [1.165, 1.54) is 0 Å². The molecule has 114 valence electrons. The zero-order valence-electron chi connectivity index (χ0n) is 12.1. The van der Waals surface area contributed by atoms with E-state index in [9.17, 15) is 13.5 Å². The molecule has 1 aromatic rings. The Labute approximate surface area is 126 Å². The molecule has 0 saturated heterocycles. The Morgan fingerprint density at radius 2 is 2.00 bits per heavy atom. The maximum absolute atomic E-state index is 11.7. The Hall–Kier alpha value is -0.620. The summed E-state index contributed by atoms with van der Waals surface area (Å²) in [7, 11) is -3.31. The van der Waals surface area contributed by atoms with E-state index >= 15 is 0 Å². The molecule has 1 atom stereocenters. The Balaban J connectivity index is 2.74. The van der Waals surface area contributed by atoms with Gasteiger partial charge in [0.2, 0.25) is 0 Å². The molecule has 0 radical (unpaired) electrons. The molecule has 0 aliphatic rings. The van der Waals surface area contributed by atoms with Crippen molar-refractivity contribution in [3.63, 3.8) is 0 Å². The highest BCUT2D eigenvalue weighted by atomic mass is 35.5. The minimum absolute atomic E-state index is 0.232. The maximum Gasteiger partial charge on any atom is 0.175 e. The second-order valence-electron chi connectivity index (χ2n) is 5.40. The summed E-state index contributed by atoms with van der Waals surface area (Å²) in [5, 5.41) is 13.3. The van der Waals surface area contributed by atoms with E-state index in [1.54, 1.807) is 18.2 Å². The first kappa shape index (κ1) is 17.4. The SMILES string of the molecule is CC(C)CC(O)CNCc1c(Cl)cccc1S(C)(=O)=O. The molecule has 1 aromatic carbocycles. The van der Waals surface area contributed by atoms with Gasteiger partial charge in [0, 0.05) is 29.9 Å². The predicted molar refractivity (Wildman–Crippen MR) is 81.7 cm³/mol. The number of aliphatic hydroxyl groups is 1. The van der Waals surface area contributed by atoms with E-state index in [0.29, 0.717) is 36.0 Å². The van der Waals surface area contributed by atoms with Crippen molar-refractivity contribution >= 4 is 21.4 Å². The van der Waals surface area contributed by atoms with Gasteiger partial charge in [-0.2, -0.15) is 0 Å². The Morgan fingerprint density at radius 1 is 1.35 bits per heavy atom. The van der Waals surface area contributed by atoms with Gasteiger partial charge in [-0.1, -0.05) is 31.5 Å². The highest BCUT2D eigenvalue weighted by molar-refractivity contribution is 7.90. The molecule has 2 N–H and O–H groups in total. The summed E-state index contributed by atoms with van der Waals surface area (Å²) < 4.78 is 23.4. The van der Waals surface area contributed by atoms with Gasteiger partial charge in [-0.25, -0.2) is 8.42 Å². The first-order valence-corrected chi connectivity index (χ1v) is 8.85. The van der Waals surface area contributed by atoms with Crippen LogP contribution in [0, 0.1) is 5.92 Å². The Morgan fingerprint density at radius 3 is 2.55 bits per heavy atom. The molecule has 4 nitrogen and oxygen atoms in total. The lowest BCUT2D eigenvalue weighted by atomic mass is 10.1. The number of hydrogen-bond acceptors (Lipinski definition) is 4. The van der Waals surface area contributed by atoms with Crippen molar-refractivity contribution in [2.45, 2.75) is 37.8 Å². The standard InChI is InChI=1S/C14H22ClNO3S/c1-10(2)7-11(17)8-16-9-12-13(15)5-4-6-14(12)20(3,18)19/h4-6,10-11,16-17H,7-9H2,1-3H3. The van der Waals surface area contributed by atoms with Crippen LogP contribution in [0.3, 0.4) is 0 Å². The van der Waals surface area contributed by atoms with Gasteiger partial charge < -0.3 is 10.4 Å². The summed E-state index contributed by atoms with van der Waals surface area (Å²) in [6.45, 7) is 4.81. The van der Waals surface area contributed by atoms with Gasteiger partial charge in [-0.15, -0.1) is 0 Å². The zero-order valence-corrected chi connectivity index (χ0v) is 13.6. The van der Waals surface area contributed by atoms with E-state index < -0.39 is 15.9 Å². The van der Waals surface area contributed by atoms with Gasteiger partial charge in [0.1, 0.15) is 0 Å². The average molecular weight is 320 g/mol. The van der Waals surface area contributed by atoms with Crippen LogP contribution in [-0.2, 0) is 16.4 Å². The molecular weight excluding hydrogens is 298 g/mol. The highest BCUT2D eigenvalue weighted by Crippen LogP contribution is 2.23. The van der Waals surface area contributed by atoms with Crippen molar-refractivity contribution in [1.29, 1.82) is 0 Å². The number of benzene rings is 1. The molecule has 0 aromatic heterocycles. The molecule has 0 fully saturated rings. The molecule has 6 heteroatoms. The largest absolute Gasteiger partial charge is 0.392 e. The van der Waals surface area contributed by atoms with Crippen LogP contribution in [0.5, 0.6) is 0 Å². The van der Waals surface area contributed by atoms with Crippen molar-refractivity contribution in [2.24, 2.45) is 5.92 Å². The third kappa shape index (κ3) is 5.40. The average Bonchev–Trinajstić information content (AvgIpc) is 2.28. The lowest BCUT2D eigenvalue weighted by molar-refractivity contribution is 0.146. The fourth-order valence-corrected chi connectivity index (χ4v) is 3.30. The van der Waals surface area contributed by atoms with Crippen molar-refractivity contribution in [2.75, 3.05) is 12.8 Å². The molecule has 1 unspecified atom stereocenters. The fraction of sp³-hybridized carbons (Fsp3) is 0.571. The molecule has 0 aliphatic heterocycles. The van der Waals surface area contributed by atoms with Gasteiger partial charge in [0.05, 0.1) is 11.0 Å². The normalized spacial score (nSPS) is 13.7. The first-order chi connectivity index (χ1) is 9.21. The quantitative estimate of drug-likeness (QED) is 0.809. The van der Waals surface area contributed by atoms with Gasteiger partial charge in [-0.05, 0) is 24.5 Å². The predicted octanol–water partition coefficient (Wildman–Crippen LogP) is 2.24. The minimum Gasteiger partial charge on any atom is -0.392 e. The Bertz CT molecular complexity index is 543. The fourth-order valence-electron chi connectivity index (χ4n) is 2.05. The smallest absolute Gasteiger partial charge is 0.175 e. The van der Waals surface area contributed by atoms with E-state index in [0.717, 1.165) is 6.26 Å². The number of sulfone groups is 1. The van der Waals surface area contributed by atoms with Crippen LogP contribution < -0.4 is 5.32 Å². The molecule has 0 spiro atoms. The van der Waals surface area contributed by atoms with Crippen LogP contribution in [0.4, 0.5) is 0 Å². The van der Waals surface area contributed by atoms with Crippen LogP contribution >= 0.6 is 11.6 Å². The van der Waals surface area contributed by atoms with Gasteiger partial charge >= 0.3 is 0 Å². The minimum atomic E-state index is -3.31. The number of nitrogens with one attached hydrogen (secondary N) is 1. The summed E-state index contributed by atoms with van der Waals surface area (Å²) in [5.41, 5.74) is 0.549. The van der Waals surface area contributed by atoms with Crippen molar-refractivity contribution in [3.05, 3.63) is 28.8 Å². The van der Waals surface area contributed by atoms with Crippen LogP contribution in [0.1, 0.15) is 25.8 Å². The summed E-state index contributed by atoms with van der Waals surface area (Å²) in [5.74, 6) is 0.415. The number of halogens is 1. The lowest BCUT2D eigenvalue weighted by Crippen LogP contribution is -2.28. The third-order valence-corrected chi connectivity index (χ3v) is 4.44. The van der Waals surface area contributed by atoms with Crippen LogP contribution in [-0.4, -0.2) is 32.4 Å². The van der Waals surface area contributed by atoms with Crippen LogP contribution in [0.15, 0.2) is 23.1 Å².